The molecule has 0 bridgehead atoms. The summed E-state index contributed by atoms with van der Waals surface area (Å²) in [5, 5.41) is 5.96. The van der Waals surface area contributed by atoms with Gasteiger partial charge in [-0.05, 0) is 49.7 Å². The zero-order valence-electron chi connectivity index (χ0n) is 15.6. The zero-order chi connectivity index (χ0) is 20.6. The third-order valence-corrected chi connectivity index (χ3v) is 5.99. The first-order chi connectivity index (χ1) is 13.3. The molecule has 0 aromatic heterocycles. The fourth-order valence-electron chi connectivity index (χ4n) is 2.41. The van der Waals surface area contributed by atoms with Gasteiger partial charge in [0.2, 0.25) is 11.8 Å². The van der Waals surface area contributed by atoms with Gasteiger partial charge in [0.05, 0.1) is 10.6 Å². The van der Waals surface area contributed by atoms with E-state index in [4.69, 9.17) is 11.6 Å². The van der Waals surface area contributed by atoms with Crippen LogP contribution < -0.4 is 10.6 Å². The average Bonchev–Trinajstić information content (AvgIpc) is 2.66. The third-order valence-electron chi connectivity index (χ3n) is 4.01. The van der Waals surface area contributed by atoms with Crippen molar-refractivity contribution in [2.45, 2.75) is 31.1 Å². The van der Waals surface area contributed by atoms with E-state index in [0.717, 1.165) is 5.56 Å². The summed E-state index contributed by atoms with van der Waals surface area (Å²) in [6, 6.07) is 13.3. The van der Waals surface area contributed by atoms with E-state index in [9.17, 15) is 18.0 Å². The highest BCUT2D eigenvalue weighted by Gasteiger charge is 2.16. The van der Waals surface area contributed by atoms with Crippen LogP contribution in [0, 0.1) is 6.92 Å². The van der Waals surface area contributed by atoms with Crippen molar-refractivity contribution in [3.63, 3.8) is 0 Å². The molecule has 0 unspecified atom stereocenters. The molecule has 0 aliphatic carbocycles. The van der Waals surface area contributed by atoms with Gasteiger partial charge in [0.15, 0.2) is 9.84 Å². The van der Waals surface area contributed by atoms with Crippen LogP contribution >= 0.6 is 11.6 Å². The van der Waals surface area contributed by atoms with Crippen molar-refractivity contribution in [3.8, 4) is 0 Å². The molecule has 0 radical (unpaired) electrons. The molecular formula is C20H23ClN2O4S. The van der Waals surface area contributed by atoms with Crippen LogP contribution in [0.25, 0.3) is 0 Å². The van der Waals surface area contributed by atoms with Crippen molar-refractivity contribution >= 4 is 38.9 Å². The van der Waals surface area contributed by atoms with Gasteiger partial charge in [-0.2, -0.15) is 0 Å². The number of rotatable bonds is 9. The van der Waals surface area contributed by atoms with Gasteiger partial charge in [-0.1, -0.05) is 29.3 Å². The van der Waals surface area contributed by atoms with Gasteiger partial charge in [-0.25, -0.2) is 8.42 Å². The predicted octanol–water partition coefficient (Wildman–Crippen LogP) is 3.35. The molecule has 2 rings (SSSR count). The van der Waals surface area contributed by atoms with E-state index < -0.39 is 9.84 Å². The number of nitrogens with one attached hydrogen (secondary N) is 2. The first kappa shape index (κ1) is 21.9. The molecule has 6 nitrogen and oxygen atoms in total. The Kier molecular flexibility index (Phi) is 8.02. The minimum atomic E-state index is -3.49. The summed E-state index contributed by atoms with van der Waals surface area (Å²) in [5.41, 5.74) is 1.62. The molecule has 0 saturated heterocycles. The summed E-state index contributed by atoms with van der Waals surface area (Å²) in [7, 11) is -3.49. The summed E-state index contributed by atoms with van der Waals surface area (Å²) < 4.78 is 24.4. The molecule has 2 aromatic rings. The Morgan fingerprint density at radius 2 is 1.57 bits per heavy atom. The van der Waals surface area contributed by atoms with Crippen LogP contribution in [0.15, 0.2) is 53.4 Å². The Morgan fingerprint density at radius 1 is 0.929 bits per heavy atom. The molecule has 0 atom stereocenters. The van der Waals surface area contributed by atoms with Gasteiger partial charge in [-0.15, -0.1) is 0 Å². The second kappa shape index (κ2) is 10.2. The van der Waals surface area contributed by atoms with Gasteiger partial charge < -0.3 is 10.6 Å². The Balaban J connectivity index is 1.66. The molecule has 0 spiro atoms. The van der Waals surface area contributed by atoms with Crippen molar-refractivity contribution < 1.29 is 18.0 Å². The van der Waals surface area contributed by atoms with E-state index in [2.05, 4.69) is 10.6 Å². The lowest BCUT2D eigenvalue weighted by atomic mass is 10.2. The molecular weight excluding hydrogens is 400 g/mol. The van der Waals surface area contributed by atoms with Gasteiger partial charge in [-0.3, -0.25) is 9.59 Å². The van der Waals surface area contributed by atoms with Crippen molar-refractivity contribution in [2.24, 2.45) is 0 Å². The van der Waals surface area contributed by atoms with Crippen LogP contribution in [0.4, 0.5) is 5.69 Å². The smallest absolute Gasteiger partial charge is 0.224 e. The lowest BCUT2D eigenvalue weighted by Crippen LogP contribution is -2.27. The van der Waals surface area contributed by atoms with Crippen molar-refractivity contribution in [1.29, 1.82) is 0 Å². The molecule has 0 aliphatic heterocycles. The fourth-order valence-corrected chi connectivity index (χ4v) is 3.78. The highest BCUT2D eigenvalue weighted by atomic mass is 35.5. The topological polar surface area (TPSA) is 92.3 Å². The average molecular weight is 423 g/mol. The number of carbonyl (C=O) groups excluding carboxylic acids is 2. The molecule has 0 aliphatic rings. The number of halogens is 1. The summed E-state index contributed by atoms with van der Waals surface area (Å²) in [5.74, 6) is -0.772. The molecule has 0 saturated carbocycles. The van der Waals surface area contributed by atoms with E-state index in [-0.39, 0.29) is 35.3 Å². The normalized spacial score (nSPS) is 11.1. The first-order valence-corrected chi connectivity index (χ1v) is 10.9. The monoisotopic (exact) mass is 422 g/mol. The Morgan fingerprint density at radius 3 is 2.21 bits per heavy atom. The number of benzene rings is 2. The number of carbonyl (C=O) groups is 2. The maximum Gasteiger partial charge on any atom is 0.224 e. The number of aryl methyl sites for hydroxylation is 1. The Hall–Kier alpha value is -2.38. The lowest BCUT2D eigenvalue weighted by molar-refractivity contribution is -0.121. The van der Waals surface area contributed by atoms with Crippen LogP contribution in [-0.4, -0.2) is 32.5 Å². The van der Waals surface area contributed by atoms with Gasteiger partial charge in [0.25, 0.3) is 0 Å². The second-order valence-electron chi connectivity index (χ2n) is 6.39. The van der Waals surface area contributed by atoms with E-state index >= 15 is 0 Å². The van der Waals surface area contributed by atoms with Crippen LogP contribution in [-0.2, 0) is 19.4 Å². The fraction of sp³-hybridized carbons (Fsp3) is 0.300. The van der Waals surface area contributed by atoms with Crippen LogP contribution in [0.1, 0.15) is 24.8 Å². The number of anilines is 1. The van der Waals surface area contributed by atoms with E-state index in [0.29, 0.717) is 23.7 Å². The number of hydrogen-bond donors (Lipinski definition) is 2. The SMILES string of the molecule is Cc1ccc(S(=O)(=O)CCC(=O)NCCCC(=O)Nc2ccc(Cl)cc2)cc1. The molecule has 2 N–H and O–H groups in total. The third kappa shape index (κ3) is 7.32. The Labute approximate surface area is 170 Å². The first-order valence-electron chi connectivity index (χ1n) is 8.88. The van der Waals surface area contributed by atoms with Gasteiger partial charge in [0.1, 0.15) is 0 Å². The van der Waals surface area contributed by atoms with Crippen molar-refractivity contribution in [1.82, 2.24) is 5.32 Å². The quantitative estimate of drug-likeness (QED) is 0.606. The maximum atomic E-state index is 12.2. The van der Waals surface area contributed by atoms with Gasteiger partial charge >= 0.3 is 0 Å². The highest BCUT2D eigenvalue weighted by molar-refractivity contribution is 7.91. The van der Waals surface area contributed by atoms with Crippen LogP contribution in [0.3, 0.4) is 0 Å². The van der Waals surface area contributed by atoms with E-state index in [1.807, 2.05) is 6.92 Å². The van der Waals surface area contributed by atoms with Gasteiger partial charge in [0, 0.05) is 30.1 Å². The number of hydrogen-bond acceptors (Lipinski definition) is 4. The second-order valence-corrected chi connectivity index (χ2v) is 8.94. The van der Waals surface area contributed by atoms with Crippen LogP contribution in [0.2, 0.25) is 5.02 Å². The van der Waals surface area contributed by atoms with Crippen molar-refractivity contribution in [3.05, 3.63) is 59.1 Å². The molecule has 0 fully saturated rings. The standard InChI is InChI=1S/C20H23ClN2O4S/c1-15-4-10-18(11-5-15)28(26,27)14-12-19(24)22-13-2-3-20(25)23-17-8-6-16(21)7-9-17/h4-11H,2-3,12-14H2,1H3,(H,22,24)(H,23,25). The van der Waals surface area contributed by atoms with Crippen LogP contribution in [0.5, 0.6) is 0 Å². The molecule has 150 valence electrons. The molecule has 2 amide bonds. The predicted molar refractivity (Wildman–Crippen MR) is 110 cm³/mol. The molecule has 0 heterocycles. The summed E-state index contributed by atoms with van der Waals surface area (Å²) >= 11 is 5.78. The minimum Gasteiger partial charge on any atom is -0.356 e. The largest absolute Gasteiger partial charge is 0.356 e. The summed E-state index contributed by atoms with van der Waals surface area (Å²) in [6.45, 7) is 2.18. The molecule has 2 aromatic carbocycles. The minimum absolute atomic E-state index is 0.118. The summed E-state index contributed by atoms with van der Waals surface area (Å²) in [4.78, 5) is 23.9. The molecule has 8 heteroatoms. The van der Waals surface area contributed by atoms with E-state index in [1.54, 1.807) is 48.5 Å². The maximum absolute atomic E-state index is 12.2. The molecule has 28 heavy (non-hydrogen) atoms. The number of amides is 2. The van der Waals surface area contributed by atoms with E-state index in [1.165, 1.54) is 0 Å². The van der Waals surface area contributed by atoms with Crippen molar-refractivity contribution in [2.75, 3.05) is 17.6 Å². The zero-order valence-corrected chi connectivity index (χ0v) is 17.1. The Bertz CT molecular complexity index is 910. The highest BCUT2D eigenvalue weighted by Crippen LogP contribution is 2.14. The summed E-state index contributed by atoms with van der Waals surface area (Å²) in [6.07, 6.45) is 0.577. The lowest BCUT2D eigenvalue weighted by Gasteiger charge is -2.07. The number of sulfone groups is 1.